The number of para-hydroxylation sites is 1. The van der Waals surface area contributed by atoms with Crippen LogP contribution in [0.2, 0.25) is 0 Å². The average Bonchev–Trinajstić information content (AvgIpc) is 2.73. The van der Waals surface area contributed by atoms with Crippen molar-refractivity contribution in [3.63, 3.8) is 0 Å². The molecule has 3 aromatic carbocycles. The molecule has 0 spiro atoms. The SMILES string of the molecule is O=C(COc1nncc2ccccc12)Nc1cccc(Oc2ccccc2)c1. The van der Waals surface area contributed by atoms with Crippen LogP contribution >= 0.6 is 0 Å². The smallest absolute Gasteiger partial charge is 0.262 e. The summed E-state index contributed by atoms with van der Waals surface area (Å²) in [6.07, 6.45) is 1.65. The van der Waals surface area contributed by atoms with Crippen molar-refractivity contribution in [1.29, 1.82) is 0 Å². The van der Waals surface area contributed by atoms with Crippen molar-refractivity contribution in [3.05, 3.63) is 85.1 Å². The van der Waals surface area contributed by atoms with Gasteiger partial charge in [0.05, 0.1) is 6.20 Å². The summed E-state index contributed by atoms with van der Waals surface area (Å²) >= 11 is 0. The zero-order valence-corrected chi connectivity index (χ0v) is 14.9. The molecule has 4 rings (SSSR count). The minimum absolute atomic E-state index is 0.174. The maximum atomic E-state index is 12.3. The van der Waals surface area contributed by atoms with Crippen LogP contribution < -0.4 is 14.8 Å². The van der Waals surface area contributed by atoms with E-state index in [1.54, 1.807) is 18.3 Å². The Kier molecular flexibility index (Phi) is 5.11. The van der Waals surface area contributed by atoms with E-state index in [1.165, 1.54) is 0 Å². The van der Waals surface area contributed by atoms with E-state index in [4.69, 9.17) is 9.47 Å². The van der Waals surface area contributed by atoms with E-state index in [0.29, 0.717) is 17.3 Å². The van der Waals surface area contributed by atoms with Gasteiger partial charge in [-0.1, -0.05) is 42.5 Å². The summed E-state index contributed by atoms with van der Waals surface area (Å²) < 4.78 is 11.3. The Balaban J connectivity index is 1.39. The molecule has 0 bridgehead atoms. The molecular weight excluding hydrogens is 354 g/mol. The molecule has 0 aliphatic heterocycles. The van der Waals surface area contributed by atoms with Crippen molar-refractivity contribution in [2.75, 3.05) is 11.9 Å². The zero-order chi connectivity index (χ0) is 19.2. The third-order valence-corrected chi connectivity index (χ3v) is 3.97. The van der Waals surface area contributed by atoms with Crippen molar-refractivity contribution in [1.82, 2.24) is 10.2 Å². The van der Waals surface area contributed by atoms with Crippen LogP contribution in [0, 0.1) is 0 Å². The molecule has 0 fully saturated rings. The molecule has 1 aromatic heterocycles. The molecule has 1 N–H and O–H groups in total. The van der Waals surface area contributed by atoms with Gasteiger partial charge in [-0.3, -0.25) is 4.79 Å². The van der Waals surface area contributed by atoms with Crippen LogP contribution in [0.25, 0.3) is 10.8 Å². The van der Waals surface area contributed by atoms with Crippen molar-refractivity contribution < 1.29 is 14.3 Å². The summed E-state index contributed by atoms with van der Waals surface area (Å²) in [5.74, 6) is 1.38. The van der Waals surface area contributed by atoms with Gasteiger partial charge in [-0.05, 0) is 30.3 Å². The highest BCUT2D eigenvalue weighted by Crippen LogP contribution is 2.24. The maximum Gasteiger partial charge on any atom is 0.262 e. The first-order valence-electron chi connectivity index (χ1n) is 8.74. The molecule has 0 aliphatic carbocycles. The van der Waals surface area contributed by atoms with Gasteiger partial charge in [-0.2, -0.15) is 5.10 Å². The minimum Gasteiger partial charge on any atom is -0.466 e. The Bertz CT molecular complexity index is 1090. The van der Waals surface area contributed by atoms with Gasteiger partial charge in [-0.25, -0.2) is 0 Å². The van der Waals surface area contributed by atoms with Gasteiger partial charge in [0.1, 0.15) is 11.5 Å². The molecule has 1 amide bonds. The number of hydrogen-bond acceptors (Lipinski definition) is 5. The number of anilines is 1. The Labute approximate surface area is 161 Å². The summed E-state index contributed by atoms with van der Waals surface area (Å²) in [5.41, 5.74) is 0.617. The van der Waals surface area contributed by atoms with Gasteiger partial charge in [0.25, 0.3) is 5.91 Å². The quantitative estimate of drug-likeness (QED) is 0.542. The molecule has 138 valence electrons. The molecule has 0 saturated carbocycles. The summed E-state index contributed by atoms with van der Waals surface area (Å²) in [4.78, 5) is 12.3. The first-order valence-corrected chi connectivity index (χ1v) is 8.74. The number of amides is 1. The van der Waals surface area contributed by atoms with Gasteiger partial charge in [-0.15, -0.1) is 5.10 Å². The molecule has 1 heterocycles. The van der Waals surface area contributed by atoms with E-state index < -0.39 is 0 Å². The topological polar surface area (TPSA) is 73.3 Å². The van der Waals surface area contributed by atoms with E-state index >= 15 is 0 Å². The number of ether oxygens (including phenoxy) is 2. The van der Waals surface area contributed by atoms with Crippen molar-refractivity contribution in [2.45, 2.75) is 0 Å². The van der Waals surface area contributed by atoms with E-state index in [-0.39, 0.29) is 12.5 Å². The number of rotatable bonds is 6. The third kappa shape index (κ3) is 4.24. The number of benzene rings is 3. The minimum atomic E-state index is -0.299. The lowest BCUT2D eigenvalue weighted by molar-refractivity contribution is -0.118. The predicted molar refractivity (Wildman–Crippen MR) is 107 cm³/mol. The molecule has 0 atom stereocenters. The van der Waals surface area contributed by atoms with E-state index in [2.05, 4.69) is 15.5 Å². The first kappa shape index (κ1) is 17.5. The Morgan fingerprint density at radius 2 is 1.68 bits per heavy atom. The van der Waals surface area contributed by atoms with E-state index in [0.717, 1.165) is 16.5 Å². The lowest BCUT2D eigenvalue weighted by Crippen LogP contribution is -2.20. The number of carbonyl (C=O) groups excluding carboxylic acids is 1. The largest absolute Gasteiger partial charge is 0.466 e. The second-order valence-electron chi connectivity index (χ2n) is 6.02. The Hall–Kier alpha value is -3.93. The number of nitrogens with one attached hydrogen (secondary N) is 1. The number of carbonyl (C=O) groups is 1. The Morgan fingerprint density at radius 1 is 0.893 bits per heavy atom. The lowest BCUT2D eigenvalue weighted by Gasteiger charge is -2.10. The normalized spacial score (nSPS) is 10.4. The van der Waals surface area contributed by atoms with Crippen LogP contribution in [-0.2, 0) is 4.79 Å². The molecule has 0 aliphatic rings. The highest BCUT2D eigenvalue weighted by molar-refractivity contribution is 5.92. The molecule has 6 nitrogen and oxygen atoms in total. The standard InChI is InChI=1S/C22H17N3O3/c26-21(15-27-22-20-12-5-4-7-16(20)14-23-25-22)24-17-8-6-11-19(13-17)28-18-9-2-1-3-10-18/h1-14H,15H2,(H,24,26). The maximum absolute atomic E-state index is 12.3. The van der Waals surface area contributed by atoms with E-state index in [9.17, 15) is 4.79 Å². The van der Waals surface area contributed by atoms with Crippen molar-refractivity contribution in [3.8, 4) is 17.4 Å². The van der Waals surface area contributed by atoms with Crippen LogP contribution in [-0.4, -0.2) is 22.7 Å². The predicted octanol–water partition coefficient (Wildman–Crippen LogP) is 4.44. The van der Waals surface area contributed by atoms with Crippen LogP contribution in [0.4, 0.5) is 5.69 Å². The van der Waals surface area contributed by atoms with Gasteiger partial charge in [0.2, 0.25) is 5.88 Å². The number of nitrogens with zero attached hydrogens (tertiary/aromatic N) is 2. The van der Waals surface area contributed by atoms with Crippen molar-refractivity contribution in [2.24, 2.45) is 0 Å². The second kappa shape index (κ2) is 8.18. The summed E-state index contributed by atoms with van der Waals surface area (Å²) in [6.45, 7) is -0.174. The molecule has 28 heavy (non-hydrogen) atoms. The molecule has 4 aromatic rings. The fraction of sp³-hybridized carbons (Fsp3) is 0.0455. The summed E-state index contributed by atoms with van der Waals surface area (Å²) in [7, 11) is 0. The molecule has 0 saturated heterocycles. The van der Waals surface area contributed by atoms with Gasteiger partial charge >= 0.3 is 0 Å². The fourth-order valence-corrected chi connectivity index (χ4v) is 2.70. The zero-order valence-electron chi connectivity index (χ0n) is 14.9. The Morgan fingerprint density at radius 3 is 2.57 bits per heavy atom. The molecular formula is C22H17N3O3. The van der Waals surface area contributed by atoms with Crippen LogP contribution in [0.3, 0.4) is 0 Å². The first-order chi connectivity index (χ1) is 13.8. The van der Waals surface area contributed by atoms with Crippen LogP contribution in [0.5, 0.6) is 17.4 Å². The van der Waals surface area contributed by atoms with Crippen molar-refractivity contribution >= 4 is 22.4 Å². The van der Waals surface area contributed by atoms with E-state index in [1.807, 2.05) is 66.7 Å². The number of fused-ring (bicyclic) bond motifs is 1. The summed E-state index contributed by atoms with van der Waals surface area (Å²) in [6, 6.07) is 24.2. The molecule has 0 unspecified atom stereocenters. The highest BCUT2D eigenvalue weighted by Gasteiger charge is 2.09. The summed E-state index contributed by atoms with van der Waals surface area (Å²) in [5, 5.41) is 12.4. The van der Waals surface area contributed by atoms with Gasteiger partial charge < -0.3 is 14.8 Å². The average molecular weight is 371 g/mol. The highest BCUT2D eigenvalue weighted by atomic mass is 16.5. The molecule has 6 heteroatoms. The molecule has 0 radical (unpaired) electrons. The van der Waals surface area contributed by atoms with Gasteiger partial charge in [0, 0.05) is 22.5 Å². The second-order valence-corrected chi connectivity index (χ2v) is 6.02. The monoisotopic (exact) mass is 371 g/mol. The van der Waals surface area contributed by atoms with Crippen LogP contribution in [0.1, 0.15) is 0 Å². The third-order valence-electron chi connectivity index (χ3n) is 3.97. The number of aromatic nitrogens is 2. The fourth-order valence-electron chi connectivity index (χ4n) is 2.70. The lowest BCUT2D eigenvalue weighted by atomic mass is 10.2. The van der Waals surface area contributed by atoms with Gasteiger partial charge in [0.15, 0.2) is 6.61 Å². The number of hydrogen-bond donors (Lipinski definition) is 1. The van der Waals surface area contributed by atoms with Crippen LogP contribution in [0.15, 0.2) is 85.1 Å².